The number of piperidine rings is 1. The first kappa shape index (κ1) is 15.0. The zero-order chi connectivity index (χ0) is 12.1. The predicted octanol–water partition coefficient (Wildman–Crippen LogP) is 2.94. The lowest BCUT2D eigenvalue weighted by Gasteiger charge is -2.31. The topological polar surface area (TPSA) is 36.3 Å². The number of ether oxygens (including phenoxy) is 1. The molecule has 0 saturated carbocycles. The third kappa shape index (κ3) is 4.00. The van der Waals surface area contributed by atoms with Crippen LogP contribution in [0.1, 0.15) is 18.4 Å². The summed E-state index contributed by atoms with van der Waals surface area (Å²) in [6.45, 7) is 3.14. The highest BCUT2D eigenvalue weighted by Crippen LogP contribution is 2.20. The second kappa shape index (κ2) is 7.39. The summed E-state index contributed by atoms with van der Waals surface area (Å²) >= 11 is 0. The number of benzene rings is 1. The zero-order valence-electron chi connectivity index (χ0n) is 10.8. The predicted molar refractivity (Wildman–Crippen MR) is 76.4 cm³/mol. The number of likely N-dealkylation sites (tertiary alicyclic amines) is 1. The minimum atomic E-state index is 0. The Bertz CT molecular complexity index is 361. The lowest BCUT2D eigenvalue weighted by atomic mass is 9.96. The van der Waals surface area contributed by atoms with Gasteiger partial charge in [0.25, 0.3) is 0 Å². The first-order valence-corrected chi connectivity index (χ1v) is 6.18. The summed E-state index contributed by atoms with van der Waals surface area (Å²) in [5.74, 6) is 0.774. The van der Waals surface area contributed by atoms with Crippen LogP contribution in [0.5, 0.6) is 0 Å². The van der Waals surface area contributed by atoms with E-state index in [1.807, 2.05) is 0 Å². The van der Waals surface area contributed by atoms with E-state index in [2.05, 4.69) is 35.2 Å². The van der Waals surface area contributed by atoms with E-state index in [1.54, 1.807) is 7.11 Å². The molecule has 1 aliphatic rings. The molecule has 0 aliphatic carbocycles. The third-order valence-electron chi connectivity index (χ3n) is 3.43. The van der Waals surface area contributed by atoms with Crippen LogP contribution in [0.25, 0.3) is 0 Å². The van der Waals surface area contributed by atoms with E-state index in [4.69, 9.17) is 10.1 Å². The summed E-state index contributed by atoms with van der Waals surface area (Å²) in [6, 6.07) is 10.6. The second-order valence-electron chi connectivity index (χ2n) is 4.60. The maximum absolute atomic E-state index is 7.68. The molecule has 0 unspecified atom stereocenters. The Morgan fingerprint density at radius 1 is 1.28 bits per heavy atom. The van der Waals surface area contributed by atoms with Gasteiger partial charge in [0, 0.05) is 12.5 Å². The van der Waals surface area contributed by atoms with Crippen LogP contribution in [-0.2, 0) is 11.3 Å². The summed E-state index contributed by atoms with van der Waals surface area (Å²) in [5.41, 5.74) is 1.37. The number of methoxy groups -OCH3 is 1. The molecule has 0 amide bonds. The van der Waals surface area contributed by atoms with Gasteiger partial charge in [-0.1, -0.05) is 30.3 Å². The van der Waals surface area contributed by atoms with Gasteiger partial charge in [-0.25, -0.2) is 0 Å². The summed E-state index contributed by atoms with van der Waals surface area (Å²) in [6.07, 6.45) is 2.08. The minimum absolute atomic E-state index is 0. The van der Waals surface area contributed by atoms with Crippen molar-refractivity contribution in [1.29, 1.82) is 5.41 Å². The quantitative estimate of drug-likeness (QED) is 0.676. The Morgan fingerprint density at radius 2 is 1.89 bits per heavy atom. The number of hydrogen-bond donors (Lipinski definition) is 1. The largest absolute Gasteiger partial charge is 0.484 e. The average molecular weight is 269 g/mol. The average Bonchev–Trinajstić information content (AvgIpc) is 2.40. The van der Waals surface area contributed by atoms with Crippen molar-refractivity contribution in [2.75, 3.05) is 20.2 Å². The van der Waals surface area contributed by atoms with Gasteiger partial charge in [0.15, 0.2) is 5.90 Å². The first-order chi connectivity index (χ1) is 8.29. The molecule has 3 nitrogen and oxygen atoms in total. The van der Waals surface area contributed by atoms with E-state index in [0.29, 0.717) is 11.8 Å². The molecule has 0 atom stereocenters. The van der Waals surface area contributed by atoms with Crippen molar-refractivity contribution in [2.45, 2.75) is 19.4 Å². The van der Waals surface area contributed by atoms with E-state index in [-0.39, 0.29) is 12.4 Å². The van der Waals surface area contributed by atoms with Gasteiger partial charge in [0.05, 0.1) is 7.11 Å². The highest BCUT2D eigenvalue weighted by Gasteiger charge is 2.22. The van der Waals surface area contributed by atoms with Crippen molar-refractivity contribution in [3.05, 3.63) is 35.9 Å². The number of halogens is 1. The van der Waals surface area contributed by atoms with E-state index in [9.17, 15) is 0 Å². The number of nitrogens with zero attached hydrogens (tertiary/aromatic N) is 1. The van der Waals surface area contributed by atoms with Crippen LogP contribution < -0.4 is 0 Å². The fourth-order valence-electron chi connectivity index (χ4n) is 2.36. The highest BCUT2D eigenvalue weighted by atomic mass is 35.5. The smallest absolute Gasteiger partial charge is 0.183 e. The van der Waals surface area contributed by atoms with Crippen molar-refractivity contribution >= 4 is 18.3 Å². The van der Waals surface area contributed by atoms with Crippen molar-refractivity contribution in [3.8, 4) is 0 Å². The number of rotatable bonds is 3. The Kier molecular flexibility index (Phi) is 6.16. The molecule has 1 aromatic rings. The van der Waals surface area contributed by atoms with Crippen LogP contribution in [0.15, 0.2) is 30.3 Å². The normalized spacial score (nSPS) is 16.9. The third-order valence-corrected chi connectivity index (χ3v) is 3.43. The van der Waals surface area contributed by atoms with Gasteiger partial charge in [0.2, 0.25) is 0 Å². The van der Waals surface area contributed by atoms with Gasteiger partial charge in [-0.2, -0.15) is 0 Å². The highest BCUT2D eigenvalue weighted by molar-refractivity contribution is 5.85. The summed E-state index contributed by atoms with van der Waals surface area (Å²) in [5, 5.41) is 7.68. The molecular formula is C14H21ClN2O. The second-order valence-corrected chi connectivity index (χ2v) is 4.60. The standard InChI is InChI=1S/C14H20N2O.ClH/c1-17-14(15)13-7-9-16(10-8-13)11-12-5-3-2-4-6-12;/h2-6,13,15H,7-11H2,1H3;1H. The summed E-state index contributed by atoms with van der Waals surface area (Å²) in [4.78, 5) is 2.45. The summed E-state index contributed by atoms with van der Waals surface area (Å²) < 4.78 is 5.01. The van der Waals surface area contributed by atoms with Crippen molar-refractivity contribution in [2.24, 2.45) is 5.92 Å². The van der Waals surface area contributed by atoms with E-state index in [1.165, 1.54) is 5.56 Å². The lowest BCUT2D eigenvalue weighted by Crippen LogP contribution is -2.36. The Morgan fingerprint density at radius 3 is 2.44 bits per heavy atom. The summed E-state index contributed by atoms with van der Waals surface area (Å²) in [7, 11) is 1.60. The van der Waals surface area contributed by atoms with Crippen LogP contribution in [0.2, 0.25) is 0 Å². The molecule has 0 radical (unpaired) electrons. The van der Waals surface area contributed by atoms with Gasteiger partial charge in [0.1, 0.15) is 0 Å². The fourth-order valence-corrected chi connectivity index (χ4v) is 2.36. The van der Waals surface area contributed by atoms with Crippen LogP contribution >= 0.6 is 12.4 Å². The number of nitrogens with one attached hydrogen (secondary N) is 1. The van der Waals surface area contributed by atoms with E-state index >= 15 is 0 Å². The van der Waals surface area contributed by atoms with Crippen LogP contribution in [0.3, 0.4) is 0 Å². The molecule has 1 saturated heterocycles. The van der Waals surface area contributed by atoms with Gasteiger partial charge in [-0.05, 0) is 31.5 Å². The fraction of sp³-hybridized carbons (Fsp3) is 0.500. The lowest BCUT2D eigenvalue weighted by molar-refractivity contribution is 0.189. The van der Waals surface area contributed by atoms with Gasteiger partial charge in [-0.3, -0.25) is 10.3 Å². The molecule has 0 bridgehead atoms. The first-order valence-electron chi connectivity index (χ1n) is 6.18. The molecule has 0 aromatic heterocycles. The molecular weight excluding hydrogens is 248 g/mol. The molecule has 100 valence electrons. The zero-order valence-corrected chi connectivity index (χ0v) is 11.6. The molecule has 1 fully saturated rings. The number of hydrogen-bond acceptors (Lipinski definition) is 3. The Balaban J connectivity index is 0.00000162. The minimum Gasteiger partial charge on any atom is -0.484 e. The molecule has 0 spiro atoms. The van der Waals surface area contributed by atoms with Crippen molar-refractivity contribution in [1.82, 2.24) is 4.90 Å². The molecule has 1 aliphatic heterocycles. The van der Waals surface area contributed by atoms with Gasteiger partial charge < -0.3 is 4.74 Å². The maximum atomic E-state index is 7.68. The van der Waals surface area contributed by atoms with Crippen LogP contribution in [-0.4, -0.2) is 31.0 Å². The van der Waals surface area contributed by atoms with E-state index in [0.717, 1.165) is 32.5 Å². The molecule has 1 aromatic carbocycles. The van der Waals surface area contributed by atoms with Crippen LogP contribution in [0, 0.1) is 11.3 Å². The van der Waals surface area contributed by atoms with Crippen molar-refractivity contribution in [3.63, 3.8) is 0 Å². The SMILES string of the molecule is COC(=N)C1CCN(Cc2ccccc2)CC1.Cl. The van der Waals surface area contributed by atoms with E-state index < -0.39 is 0 Å². The Labute approximate surface area is 115 Å². The van der Waals surface area contributed by atoms with Crippen molar-refractivity contribution < 1.29 is 4.74 Å². The van der Waals surface area contributed by atoms with Crippen LogP contribution in [0.4, 0.5) is 0 Å². The molecule has 18 heavy (non-hydrogen) atoms. The van der Waals surface area contributed by atoms with Gasteiger partial charge >= 0.3 is 0 Å². The maximum Gasteiger partial charge on any atom is 0.183 e. The molecule has 2 rings (SSSR count). The van der Waals surface area contributed by atoms with Gasteiger partial charge in [-0.15, -0.1) is 12.4 Å². The molecule has 1 N–H and O–H groups in total. The Hall–Kier alpha value is -1.06. The molecule has 4 heteroatoms. The monoisotopic (exact) mass is 268 g/mol. The molecule has 1 heterocycles.